The van der Waals surface area contributed by atoms with Gasteiger partial charge in [-0.25, -0.2) is 4.79 Å². The first kappa shape index (κ1) is 17.1. The molecule has 4 rings (SSSR count). The number of urea groups is 1. The molecule has 1 aliphatic heterocycles. The first-order valence-corrected chi connectivity index (χ1v) is 8.99. The van der Waals surface area contributed by atoms with E-state index in [1.165, 1.54) is 4.90 Å². The quantitative estimate of drug-likeness (QED) is 0.661. The zero-order valence-electron chi connectivity index (χ0n) is 15.1. The fourth-order valence-corrected chi connectivity index (χ4v) is 3.41. The molecule has 27 heavy (non-hydrogen) atoms. The maximum absolute atomic E-state index is 12.7. The Labute approximate surface area is 157 Å². The van der Waals surface area contributed by atoms with Gasteiger partial charge in [0.25, 0.3) is 5.91 Å². The molecule has 2 aromatic carbocycles. The second-order valence-electron chi connectivity index (χ2n) is 6.67. The first-order chi connectivity index (χ1) is 13.1. The summed E-state index contributed by atoms with van der Waals surface area (Å²) in [5.74, 6) is 0.554. The molecule has 6 nitrogen and oxygen atoms in total. The molecule has 2 N–H and O–H groups in total. The van der Waals surface area contributed by atoms with Crippen LogP contribution in [0.15, 0.2) is 54.7 Å². The fraction of sp³-hybridized carbons (Fsp3) is 0.238. The van der Waals surface area contributed by atoms with Gasteiger partial charge < -0.3 is 15.0 Å². The highest BCUT2D eigenvalue weighted by Crippen LogP contribution is 2.21. The summed E-state index contributed by atoms with van der Waals surface area (Å²) < 4.78 is 5.72. The minimum absolute atomic E-state index is 0.210. The van der Waals surface area contributed by atoms with Crippen LogP contribution in [0.25, 0.3) is 10.9 Å². The Morgan fingerprint density at radius 1 is 1.07 bits per heavy atom. The number of imide groups is 1. The number of aromatic amines is 1. The Morgan fingerprint density at radius 3 is 2.70 bits per heavy atom. The van der Waals surface area contributed by atoms with Gasteiger partial charge >= 0.3 is 6.03 Å². The number of fused-ring (bicyclic) bond motifs is 1. The number of nitrogens with one attached hydrogen (secondary N) is 2. The van der Waals surface area contributed by atoms with Crippen LogP contribution < -0.4 is 10.1 Å². The van der Waals surface area contributed by atoms with Crippen LogP contribution in [0.3, 0.4) is 0 Å². The van der Waals surface area contributed by atoms with Crippen molar-refractivity contribution in [2.45, 2.75) is 19.4 Å². The maximum atomic E-state index is 12.7. The molecule has 3 amide bonds. The summed E-state index contributed by atoms with van der Waals surface area (Å²) in [5, 5.41) is 3.86. The van der Waals surface area contributed by atoms with E-state index in [1.54, 1.807) is 0 Å². The lowest BCUT2D eigenvalue weighted by molar-refractivity contribution is -0.127. The van der Waals surface area contributed by atoms with Crippen LogP contribution in [-0.4, -0.2) is 41.0 Å². The third-order valence-electron chi connectivity index (χ3n) is 4.87. The van der Waals surface area contributed by atoms with Gasteiger partial charge in [-0.05, 0) is 30.2 Å². The van der Waals surface area contributed by atoms with Crippen LogP contribution >= 0.6 is 0 Å². The highest BCUT2D eigenvalue weighted by molar-refractivity contribution is 6.04. The average molecular weight is 363 g/mol. The second kappa shape index (κ2) is 7.15. The number of ether oxygens (including phenoxy) is 1. The van der Waals surface area contributed by atoms with Gasteiger partial charge in [0.05, 0.1) is 6.54 Å². The van der Waals surface area contributed by atoms with E-state index >= 15 is 0 Å². The highest BCUT2D eigenvalue weighted by atomic mass is 16.5. The summed E-state index contributed by atoms with van der Waals surface area (Å²) in [6, 6.07) is 14.7. The van der Waals surface area contributed by atoms with Crippen molar-refractivity contribution in [2.24, 2.45) is 0 Å². The van der Waals surface area contributed by atoms with E-state index in [2.05, 4.69) is 10.3 Å². The van der Waals surface area contributed by atoms with Gasteiger partial charge in [0, 0.05) is 23.5 Å². The van der Waals surface area contributed by atoms with E-state index in [4.69, 9.17) is 4.74 Å². The number of aromatic nitrogens is 1. The number of para-hydroxylation sites is 2. The van der Waals surface area contributed by atoms with Gasteiger partial charge in [0.2, 0.25) is 0 Å². The normalized spacial score (nSPS) is 16.8. The SMILES string of the molecule is Cc1ccccc1OCCN1C(=O)NC(Cc2c[nH]c3ccccc23)C1=O. The van der Waals surface area contributed by atoms with Crippen molar-refractivity contribution >= 4 is 22.8 Å². The zero-order chi connectivity index (χ0) is 18.8. The standard InChI is InChI=1S/C21H21N3O3/c1-14-6-2-5-9-19(14)27-11-10-24-20(25)18(23-21(24)26)12-15-13-22-17-8-4-3-7-16(15)17/h2-9,13,18,22H,10-12H2,1H3,(H,23,26). The number of aryl methyl sites for hydroxylation is 1. The number of rotatable bonds is 6. The van der Waals surface area contributed by atoms with E-state index in [0.29, 0.717) is 6.42 Å². The Hall–Kier alpha value is -3.28. The Bertz CT molecular complexity index is 995. The van der Waals surface area contributed by atoms with Crippen molar-refractivity contribution in [3.8, 4) is 5.75 Å². The predicted octanol–water partition coefficient (Wildman–Crippen LogP) is 3.02. The molecule has 0 spiro atoms. The van der Waals surface area contributed by atoms with Crippen LogP contribution in [-0.2, 0) is 11.2 Å². The molecule has 1 aliphatic rings. The number of hydrogen-bond donors (Lipinski definition) is 2. The number of carbonyl (C=O) groups excluding carboxylic acids is 2. The average Bonchev–Trinajstić information content (AvgIpc) is 3.19. The van der Waals surface area contributed by atoms with Crippen molar-refractivity contribution in [1.82, 2.24) is 15.2 Å². The number of hydrogen-bond acceptors (Lipinski definition) is 3. The topological polar surface area (TPSA) is 74.4 Å². The zero-order valence-corrected chi connectivity index (χ0v) is 15.1. The number of carbonyl (C=O) groups is 2. The summed E-state index contributed by atoms with van der Waals surface area (Å²) in [6.07, 6.45) is 2.36. The summed E-state index contributed by atoms with van der Waals surface area (Å²) >= 11 is 0. The number of nitrogens with zero attached hydrogens (tertiary/aromatic N) is 1. The van der Waals surface area contributed by atoms with E-state index in [0.717, 1.165) is 27.8 Å². The lowest BCUT2D eigenvalue weighted by Gasteiger charge is -2.14. The van der Waals surface area contributed by atoms with Crippen LogP contribution in [0, 0.1) is 6.92 Å². The Morgan fingerprint density at radius 2 is 1.85 bits per heavy atom. The maximum Gasteiger partial charge on any atom is 0.324 e. The van der Waals surface area contributed by atoms with Gasteiger partial charge in [-0.1, -0.05) is 36.4 Å². The molecule has 138 valence electrons. The van der Waals surface area contributed by atoms with Gasteiger partial charge in [-0.15, -0.1) is 0 Å². The Kier molecular flexibility index (Phi) is 4.54. The minimum atomic E-state index is -0.546. The van der Waals surface area contributed by atoms with Gasteiger partial charge in [0.15, 0.2) is 0 Å². The van der Waals surface area contributed by atoms with Crippen molar-refractivity contribution in [3.63, 3.8) is 0 Å². The molecule has 1 aromatic heterocycles. The van der Waals surface area contributed by atoms with E-state index < -0.39 is 6.04 Å². The third-order valence-corrected chi connectivity index (χ3v) is 4.87. The summed E-state index contributed by atoms with van der Waals surface area (Å²) in [4.78, 5) is 29.3. The van der Waals surface area contributed by atoms with E-state index in [-0.39, 0.29) is 25.1 Å². The molecule has 1 atom stereocenters. The van der Waals surface area contributed by atoms with E-state index in [9.17, 15) is 9.59 Å². The van der Waals surface area contributed by atoms with Gasteiger partial charge in [-0.2, -0.15) is 0 Å². The summed E-state index contributed by atoms with van der Waals surface area (Å²) in [6.45, 7) is 2.45. The third kappa shape index (κ3) is 3.38. The molecule has 0 aliphatic carbocycles. The lowest BCUT2D eigenvalue weighted by Crippen LogP contribution is -2.35. The highest BCUT2D eigenvalue weighted by Gasteiger charge is 2.38. The molecule has 0 bridgehead atoms. The van der Waals surface area contributed by atoms with Gasteiger partial charge in [0.1, 0.15) is 18.4 Å². The molecular weight excluding hydrogens is 342 g/mol. The monoisotopic (exact) mass is 363 g/mol. The van der Waals surface area contributed by atoms with Crippen LogP contribution in [0.1, 0.15) is 11.1 Å². The lowest BCUT2D eigenvalue weighted by atomic mass is 10.1. The van der Waals surface area contributed by atoms with Crippen molar-refractivity contribution in [2.75, 3.05) is 13.2 Å². The number of H-pyrrole nitrogens is 1. The van der Waals surface area contributed by atoms with Crippen molar-refractivity contribution < 1.29 is 14.3 Å². The largest absolute Gasteiger partial charge is 0.491 e. The molecule has 0 radical (unpaired) electrons. The summed E-state index contributed by atoms with van der Waals surface area (Å²) in [5.41, 5.74) is 3.06. The fourth-order valence-electron chi connectivity index (χ4n) is 3.41. The predicted molar refractivity (Wildman–Crippen MR) is 103 cm³/mol. The minimum Gasteiger partial charge on any atom is -0.491 e. The molecule has 2 heterocycles. The van der Waals surface area contributed by atoms with Crippen LogP contribution in [0.2, 0.25) is 0 Å². The molecule has 3 aromatic rings. The smallest absolute Gasteiger partial charge is 0.324 e. The molecule has 0 saturated carbocycles. The Balaban J connectivity index is 1.39. The van der Waals surface area contributed by atoms with Gasteiger partial charge in [-0.3, -0.25) is 9.69 Å². The second-order valence-corrected chi connectivity index (χ2v) is 6.67. The molecule has 1 fully saturated rings. The van der Waals surface area contributed by atoms with Crippen LogP contribution in [0.4, 0.5) is 4.79 Å². The first-order valence-electron chi connectivity index (χ1n) is 8.99. The van der Waals surface area contributed by atoms with Crippen molar-refractivity contribution in [3.05, 3.63) is 65.9 Å². The molecular formula is C21H21N3O3. The molecule has 1 unspecified atom stereocenters. The molecule has 6 heteroatoms. The summed E-state index contributed by atoms with van der Waals surface area (Å²) in [7, 11) is 0. The molecule has 1 saturated heterocycles. The van der Waals surface area contributed by atoms with E-state index in [1.807, 2.05) is 61.7 Å². The number of benzene rings is 2. The number of amides is 3. The van der Waals surface area contributed by atoms with Crippen LogP contribution in [0.5, 0.6) is 5.75 Å². The van der Waals surface area contributed by atoms with Crippen molar-refractivity contribution in [1.29, 1.82) is 0 Å².